The molecule has 2 aromatic heterocycles. The van der Waals surface area contributed by atoms with Crippen molar-refractivity contribution in [2.45, 2.75) is 26.5 Å². The number of carbonyl (C=O) groups excluding carboxylic acids is 1. The van der Waals surface area contributed by atoms with Crippen molar-refractivity contribution in [2.24, 2.45) is 4.99 Å². The highest BCUT2D eigenvalue weighted by Gasteiger charge is 2.33. The molecule has 0 radical (unpaired) electrons. The molecular weight excluding hydrogens is 556 g/mol. The second kappa shape index (κ2) is 11.6. The van der Waals surface area contributed by atoms with Gasteiger partial charge in [0.1, 0.15) is 12.6 Å². The quantitative estimate of drug-likeness (QED) is 0.271. The van der Waals surface area contributed by atoms with Crippen molar-refractivity contribution < 1.29 is 19.0 Å². The molecule has 0 spiro atoms. The Labute approximate surface area is 237 Å². The van der Waals surface area contributed by atoms with E-state index in [9.17, 15) is 9.59 Å². The average molecular weight is 581 g/mol. The van der Waals surface area contributed by atoms with Gasteiger partial charge in [0.2, 0.25) is 0 Å². The number of nitrogens with zero attached hydrogens (tertiary/aromatic N) is 2. The van der Waals surface area contributed by atoms with Crippen molar-refractivity contribution in [3.63, 3.8) is 0 Å². The normalized spacial score (nSPS) is 15.1. The van der Waals surface area contributed by atoms with E-state index >= 15 is 0 Å². The largest absolute Gasteiger partial charge is 0.493 e. The molecule has 3 heterocycles. The van der Waals surface area contributed by atoms with Crippen molar-refractivity contribution in [3.8, 4) is 11.5 Å². The number of ether oxygens (including phenoxy) is 3. The fourth-order valence-electron chi connectivity index (χ4n) is 4.32. The van der Waals surface area contributed by atoms with E-state index in [2.05, 4.69) is 4.99 Å². The smallest absolute Gasteiger partial charge is 0.338 e. The molecule has 1 atom stereocenters. The number of thiazole rings is 1. The SMILES string of the molecule is CCOC(=O)C1=C(C)N=c2s/c(=C/c3ccc(OCc4ccccc4Cl)c(OC)c3)c(=O)n2[C@@H]1c1cccs1. The van der Waals surface area contributed by atoms with Crippen LogP contribution in [-0.4, -0.2) is 24.3 Å². The molecule has 0 bridgehead atoms. The summed E-state index contributed by atoms with van der Waals surface area (Å²) in [7, 11) is 1.57. The Morgan fingerprint density at radius 2 is 1.97 bits per heavy atom. The van der Waals surface area contributed by atoms with Crippen LogP contribution in [0.25, 0.3) is 6.08 Å². The molecule has 0 unspecified atom stereocenters. The standard InChI is InChI=1S/C29H25ClN2O5S2/c1-4-36-28(34)25-17(2)31-29-32(26(25)23-10-7-13-38-23)27(33)24(39-29)15-18-11-12-21(22(14-18)35-3)37-16-19-8-5-6-9-20(19)30/h5-15,26H,4,16H2,1-3H3/b24-15+/t26-/m1/s1. The van der Waals surface area contributed by atoms with E-state index in [-0.39, 0.29) is 12.2 Å². The number of hydrogen-bond donors (Lipinski definition) is 0. The highest BCUT2D eigenvalue weighted by molar-refractivity contribution is 7.10. The van der Waals surface area contributed by atoms with Gasteiger partial charge in [-0.2, -0.15) is 0 Å². The summed E-state index contributed by atoms with van der Waals surface area (Å²) < 4.78 is 18.9. The molecule has 2 aromatic carbocycles. The van der Waals surface area contributed by atoms with Crippen molar-refractivity contribution in [1.29, 1.82) is 0 Å². The van der Waals surface area contributed by atoms with Crippen LogP contribution in [0.2, 0.25) is 5.02 Å². The average Bonchev–Trinajstić information content (AvgIpc) is 3.56. The molecule has 1 aliphatic rings. The van der Waals surface area contributed by atoms with Crippen LogP contribution in [0.1, 0.15) is 35.9 Å². The molecular formula is C29H25ClN2O5S2. The molecule has 0 aliphatic carbocycles. The number of fused-ring (bicyclic) bond motifs is 1. The van der Waals surface area contributed by atoms with Crippen molar-refractivity contribution in [1.82, 2.24) is 4.57 Å². The number of hydrogen-bond acceptors (Lipinski definition) is 8. The van der Waals surface area contributed by atoms with Crippen LogP contribution in [0.3, 0.4) is 0 Å². The Balaban J connectivity index is 1.52. The number of rotatable bonds is 8. The number of esters is 1. The third kappa shape index (κ3) is 5.43. The van der Waals surface area contributed by atoms with Gasteiger partial charge in [-0.05, 0) is 55.1 Å². The molecule has 7 nitrogen and oxygen atoms in total. The van der Waals surface area contributed by atoms with E-state index in [1.165, 1.54) is 22.7 Å². The minimum Gasteiger partial charge on any atom is -0.493 e. The monoisotopic (exact) mass is 580 g/mol. The third-order valence-corrected chi connectivity index (χ3v) is 8.43. The van der Waals surface area contributed by atoms with E-state index < -0.39 is 12.0 Å². The number of aromatic nitrogens is 1. The van der Waals surface area contributed by atoms with Gasteiger partial charge in [0.25, 0.3) is 5.56 Å². The highest BCUT2D eigenvalue weighted by atomic mass is 35.5. The highest BCUT2D eigenvalue weighted by Crippen LogP contribution is 2.33. The first-order valence-electron chi connectivity index (χ1n) is 12.2. The summed E-state index contributed by atoms with van der Waals surface area (Å²) in [6.07, 6.45) is 1.79. The van der Waals surface area contributed by atoms with Gasteiger partial charge >= 0.3 is 5.97 Å². The molecule has 200 valence electrons. The van der Waals surface area contributed by atoms with E-state index in [0.717, 1.165) is 16.0 Å². The number of benzene rings is 2. The first-order chi connectivity index (χ1) is 18.9. The molecule has 4 aromatic rings. The Kier molecular flexibility index (Phi) is 8.02. The van der Waals surface area contributed by atoms with Crippen LogP contribution < -0.4 is 24.4 Å². The number of carbonyl (C=O) groups is 1. The van der Waals surface area contributed by atoms with Gasteiger partial charge in [-0.25, -0.2) is 9.79 Å². The summed E-state index contributed by atoms with van der Waals surface area (Å²) >= 11 is 9.00. The minimum atomic E-state index is -0.599. The lowest BCUT2D eigenvalue weighted by Crippen LogP contribution is -2.39. The number of allylic oxidation sites excluding steroid dienone is 1. The number of thiophene rings is 1. The van der Waals surface area contributed by atoms with Gasteiger partial charge < -0.3 is 14.2 Å². The van der Waals surface area contributed by atoms with Gasteiger partial charge in [0, 0.05) is 15.5 Å². The fourth-order valence-corrected chi connectivity index (χ4v) is 6.38. The molecule has 0 N–H and O–H groups in total. The molecule has 1 aliphatic heterocycles. The molecule has 39 heavy (non-hydrogen) atoms. The fraction of sp³-hybridized carbons (Fsp3) is 0.207. The molecule has 0 amide bonds. The summed E-state index contributed by atoms with van der Waals surface area (Å²) in [6.45, 7) is 4.05. The van der Waals surface area contributed by atoms with Gasteiger partial charge in [-0.15, -0.1) is 11.3 Å². The van der Waals surface area contributed by atoms with Gasteiger partial charge in [0.05, 0.1) is 29.5 Å². The molecule has 5 rings (SSSR count). The van der Waals surface area contributed by atoms with Crippen molar-refractivity contribution >= 4 is 46.3 Å². The van der Waals surface area contributed by atoms with Gasteiger partial charge in [0.15, 0.2) is 16.3 Å². The Bertz CT molecular complexity index is 1740. The molecule has 0 saturated carbocycles. The zero-order chi connectivity index (χ0) is 27.5. The minimum absolute atomic E-state index is 0.232. The van der Waals surface area contributed by atoms with E-state index in [0.29, 0.717) is 43.7 Å². The second-order valence-electron chi connectivity index (χ2n) is 8.61. The maximum Gasteiger partial charge on any atom is 0.338 e. The first-order valence-corrected chi connectivity index (χ1v) is 14.3. The Morgan fingerprint density at radius 3 is 2.69 bits per heavy atom. The maximum atomic E-state index is 13.7. The van der Waals surface area contributed by atoms with E-state index in [1.54, 1.807) is 37.7 Å². The van der Waals surface area contributed by atoms with Crippen LogP contribution in [0.15, 0.2) is 81.0 Å². The first kappa shape index (κ1) is 26.9. The Morgan fingerprint density at radius 1 is 1.15 bits per heavy atom. The van der Waals surface area contributed by atoms with E-state index in [4.69, 9.17) is 25.8 Å². The molecule has 0 fully saturated rings. The summed E-state index contributed by atoms with van der Waals surface area (Å²) in [4.78, 5) is 32.6. The Hall–Kier alpha value is -3.66. The van der Waals surface area contributed by atoms with Crippen molar-refractivity contribution in [2.75, 3.05) is 13.7 Å². The lowest BCUT2D eigenvalue weighted by molar-refractivity contribution is -0.139. The van der Waals surface area contributed by atoms with Crippen LogP contribution in [0.5, 0.6) is 11.5 Å². The van der Waals surface area contributed by atoms with Crippen molar-refractivity contribution in [3.05, 3.63) is 112 Å². The van der Waals surface area contributed by atoms with Gasteiger partial charge in [-0.3, -0.25) is 9.36 Å². The van der Waals surface area contributed by atoms with Gasteiger partial charge in [-0.1, -0.05) is 53.3 Å². The summed E-state index contributed by atoms with van der Waals surface area (Å²) in [5.74, 6) is 0.618. The summed E-state index contributed by atoms with van der Waals surface area (Å²) in [5.41, 5.74) is 2.31. The lowest BCUT2D eigenvalue weighted by Gasteiger charge is -2.23. The predicted molar refractivity (Wildman–Crippen MR) is 153 cm³/mol. The summed E-state index contributed by atoms with van der Waals surface area (Å²) in [6, 6.07) is 16.2. The van der Waals surface area contributed by atoms with Crippen LogP contribution in [0.4, 0.5) is 0 Å². The molecule has 0 saturated heterocycles. The molecule has 10 heteroatoms. The topological polar surface area (TPSA) is 79.1 Å². The van der Waals surface area contributed by atoms with E-state index in [1.807, 2.05) is 53.9 Å². The number of halogens is 1. The second-order valence-corrected chi connectivity index (χ2v) is 11.0. The zero-order valence-electron chi connectivity index (χ0n) is 21.5. The third-order valence-electron chi connectivity index (χ3n) is 6.16. The summed E-state index contributed by atoms with van der Waals surface area (Å²) in [5, 5.41) is 2.55. The van der Waals surface area contributed by atoms with Crippen LogP contribution in [0, 0.1) is 0 Å². The maximum absolute atomic E-state index is 13.7. The predicted octanol–water partition coefficient (Wildman–Crippen LogP) is 5.10. The van der Waals surface area contributed by atoms with Crippen LogP contribution >= 0.6 is 34.3 Å². The lowest BCUT2D eigenvalue weighted by atomic mass is 10.0. The zero-order valence-corrected chi connectivity index (χ0v) is 23.9. The van der Waals surface area contributed by atoms with Crippen LogP contribution in [-0.2, 0) is 16.1 Å². The number of methoxy groups -OCH3 is 1.